The zero-order valence-corrected chi connectivity index (χ0v) is 9.99. The number of nitrogens with zero attached hydrogens (tertiary/aromatic N) is 1. The number of carbonyl (C=O) groups is 1. The van der Waals surface area contributed by atoms with Gasteiger partial charge in [0.05, 0.1) is 5.92 Å². The summed E-state index contributed by atoms with van der Waals surface area (Å²) in [6.45, 7) is 0. The van der Waals surface area contributed by atoms with E-state index in [-0.39, 0.29) is 0 Å². The van der Waals surface area contributed by atoms with Crippen LogP contribution >= 0.6 is 0 Å². The fourth-order valence-corrected chi connectivity index (χ4v) is 1.92. The molecule has 0 saturated carbocycles. The van der Waals surface area contributed by atoms with Gasteiger partial charge in [-0.15, -0.1) is 0 Å². The fraction of sp³-hybridized carbons (Fsp3) is 0.200. The monoisotopic (exact) mass is 241 g/mol. The molecule has 2 aromatic rings. The van der Waals surface area contributed by atoms with E-state index in [1.54, 1.807) is 6.20 Å². The van der Waals surface area contributed by atoms with Crippen LogP contribution in [0.4, 0.5) is 0 Å². The third kappa shape index (κ3) is 3.42. The van der Waals surface area contributed by atoms with Crippen LogP contribution in [0.15, 0.2) is 54.7 Å². The van der Waals surface area contributed by atoms with Crippen LogP contribution in [0.3, 0.4) is 0 Å². The molecule has 1 unspecified atom stereocenters. The van der Waals surface area contributed by atoms with Crippen molar-refractivity contribution < 1.29 is 9.90 Å². The maximum atomic E-state index is 11.3. The molecular weight excluding hydrogens is 226 g/mol. The Kier molecular flexibility index (Phi) is 4.07. The molecule has 1 heterocycles. The van der Waals surface area contributed by atoms with Crippen molar-refractivity contribution >= 4 is 5.97 Å². The number of pyridine rings is 1. The van der Waals surface area contributed by atoms with E-state index in [0.29, 0.717) is 12.8 Å². The summed E-state index contributed by atoms with van der Waals surface area (Å²) < 4.78 is 0. The molecule has 92 valence electrons. The van der Waals surface area contributed by atoms with Crippen LogP contribution in [0.2, 0.25) is 0 Å². The number of benzene rings is 1. The van der Waals surface area contributed by atoms with Crippen molar-refractivity contribution in [2.45, 2.75) is 12.8 Å². The number of rotatable bonds is 5. The molecule has 2 rings (SSSR count). The summed E-state index contributed by atoms with van der Waals surface area (Å²) in [4.78, 5) is 15.5. The highest BCUT2D eigenvalue weighted by Crippen LogP contribution is 2.13. The van der Waals surface area contributed by atoms with Gasteiger partial charge in [-0.1, -0.05) is 36.4 Å². The Hall–Kier alpha value is -2.16. The molecular formula is C15H15NO2. The van der Waals surface area contributed by atoms with E-state index < -0.39 is 11.9 Å². The van der Waals surface area contributed by atoms with E-state index >= 15 is 0 Å². The van der Waals surface area contributed by atoms with Crippen molar-refractivity contribution in [2.75, 3.05) is 0 Å². The number of carboxylic acid groups (broad SMARTS) is 1. The summed E-state index contributed by atoms with van der Waals surface area (Å²) in [5, 5.41) is 9.27. The molecule has 0 spiro atoms. The Labute approximate surface area is 106 Å². The maximum absolute atomic E-state index is 11.3. The normalized spacial score (nSPS) is 12.0. The third-order valence-electron chi connectivity index (χ3n) is 2.86. The molecule has 0 aliphatic heterocycles. The van der Waals surface area contributed by atoms with Gasteiger partial charge in [-0.2, -0.15) is 0 Å². The maximum Gasteiger partial charge on any atom is 0.307 e. The third-order valence-corrected chi connectivity index (χ3v) is 2.86. The topological polar surface area (TPSA) is 50.2 Å². The van der Waals surface area contributed by atoms with Crippen LogP contribution in [0.1, 0.15) is 11.3 Å². The molecule has 1 aromatic carbocycles. The second-order valence-electron chi connectivity index (χ2n) is 4.25. The van der Waals surface area contributed by atoms with Crippen molar-refractivity contribution in [3.05, 3.63) is 66.0 Å². The highest BCUT2D eigenvalue weighted by atomic mass is 16.4. The minimum absolute atomic E-state index is 0.428. The fourth-order valence-electron chi connectivity index (χ4n) is 1.92. The summed E-state index contributed by atoms with van der Waals surface area (Å²) in [5.41, 5.74) is 1.86. The number of carboxylic acids is 1. The highest BCUT2D eigenvalue weighted by Gasteiger charge is 2.18. The van der Waals surface area contributed by atoms with Gasteiger partial charge in [0.25, 0.3) is 0 Å². The molecule has 1 aromatic heterocycles. The predicted molar refractivity (Wildman–Crippen MR) is 69.2 cm³/mol. The first-order valence-electron chi connectivity index (χ1n) is 5.92. The quantitative estimate of drug-likeness (QED) is 0.875. The van der Waals surface area contributed by atoms with Crippen LogP contribution < -0.4 is 0 Å². The summed E-state index contributed by atoms with van der Waals surface area (Å²) in [7, 11) is 0. The van der Waals surface area contributed by atoms with Crippen molar-refractivity contribution in [2.24, 2.45) is 5.92 Å². The zero-order chi connectivity index (χ0) is 12.8. The van der Waals surface area contributed by atoms with E-state index in [1.165, 1.54) is 0 Å². The van der Waals surface area contributed by atoms with Crippen molar-refractivity contribution in [1.82, 2.24) is 4.98 Å². The summed E-state index contributed by atoms with van der Waals surface area (Å²) in [5.74, 6) is -1.20. The van der Waals surface area contributed by atoms with Gasteiger partial charge in [0, 0.05) is 18.3 Å². The lowest BCUT2D eigenvalue weighted by atomic mass is 9.95. The Balaban J connectivity index is 2.08. The van der Waals surface area contributed by atoms with Crippen molar-refractivity contribution in [1.29, 1.82) is 0 Å². The molecule has 3 nitrogen and oxygen atoms in total. The largest absolute Gasteiger partial charge is 0.481 e. The van der Waals surface area contributed by atoms with Crippen LogP contribution in [-0.4, -0.2) is 16.1 Å². The standard InChI is InChI=1S/C15H15NO2/c17-15(18)13(10-12-6-2-1-3-7-12)11-14-8-4-5-9-16-14/h1-9,13H,10-11H2,(H,17,18). The number of hydrogen-bond acceptors (Lipinski definition) is 2. The molecule has 1 atom stereocenters. The van der Waals surface area contributed by atoms with E-state index in [0.717, 1.165) is 11.3 Å². The van der Waals surface area contributed by atoms with Crippen LogP contribution in [0, 0.1) is 5.92 Å². The molecule has 18 heavy (non-hydrogen) atoms. The van der Waals surface area contributed by atoms with Gasteiger partial charge in [-0.3, -0.25) is 9.78 Å². The Morgan fingerprint density at radius 2 is 1.78 bits per heavy atom. The zero-order valence-electron chi connectivity index (χ0n) is 9.99. The van der Waals surface area contributed by atoms with Gasteiger partial charge in [-0.05, 0) is 24.1 Å². The number of aliphatic carboxylic acids is 1. The molecule has 0 radical (unpaired) electrons. The molecule has 0 bridgehead atoms. The first-order chi connectivity index (χ1) is 8.75. The molecule has 0 saturated heterocycles. The predicted octanol–water partition coefficient (Wildman–Crippen LogP) is 2.57. The van der Waals surface area contributed by atoms with Gasteiger partial charge in [0.2, 0.25) is 0 Å². The molecule has 0 aliphatic rings. The average molecular weight is 241 g/mol. The summed E-state index contributed by atoms with van der Waals surface area (Å²) in [6.07, 6.45) is 2.69. The first-order valence-corrected chi connectivity index (χ1v) is 5.92. The van der Waals surface area contributed by atoms with E-state index in [9.17, 15) is 9.90 Å². The molecule has 3 heteroatoms. The highest BCUT2D eigenvalue weighted by molar-refractivity contribution is 5.70. The first kappa shape index (κ1) is 12.3. The molecule has 0 aliphatic carbocycles. The van der Waals surface area contributed by atoms with Crippen molar-refractivity contribution in [3.8, 4) is 0 Å². The van der Waals surface area contributed by atoms with Gasteiger partial charge < -0.3 is 5.11 Å². The lowest BCUT2D eigenvalue weighted by molar-refractivity contribution is -0.141. The second kappa shape index (κ2) is 5.96. The van der Waals surface area contributed by atoms with Crippen LogP contribution in [0.5, 0.6) is 0 Å². The van der Waals surface area contributed by atoms with E-state index in [1.807, 2.05) is 48.5 Å². The lowest BCUT2D eigenvalue weighted by Crippen LogP contribution is -2.19. The summed E-state index contributed by atoms with van der Waals surface area (Å²) in [6, 6.07) is 15.3. The van der Waals surface area contributed by atoms with Gasteiger partial charge >= 0.3 is 5.97 Å². The SMILES string of the molecule is O=C(O)C(Cc1ccccc1)Cc1ccccn1. The summed E-state index contributed by atoms with van der Waals surface area (Å²) >= 11 is 0. The Morgan fingerprint density at radius 1 is 1.06 bits per heavy atom. The van der Waals surface area contributed by atoms with Gasteiger partial charge in [0.1, 0.15) is 0 Å². The smallest absolute Gasteiger partial charge is 0.307 e. The molecule has 0 amide bonds. The Bertz CT molecular complexity index is 455. The van der Waals surface area contributed by atoms with Crippen LogP contribution in [-0.2, 0) is 17.6 Å². The number of aromatic nitrogens is 1. The molecule has 1 N–H and O–H groups in total. The minimum Gasteiger partial charge on any atom is -0.481 e. The van der Waals surface area contributed by atoms with Crippen LogP contribution in [0.25, 0.3) is 0 Å². The number of hydrogen-bond donors (Lipinski definition) is 1. The average Bonchev–Trinajstić information content (AvgIpc) is 2.40. The minimum atomic E-state index is -0.774. The lowest BCUT2D eigenvalue weighted by Gasteiger charge is -2.11. The Morgan fingerprint density at radius 3 is 2.39 bits per heavy atom. The van der Waals surface area contributed by atoms with E-state index in [4.69, 9.17) is 0 Å². The van der Waals surface area contributed by atoms with E-state index in [2.05, 4.69) is 4.98 Å². The second-order valence-corrected chi connectivity index (χ2v) is 4.25. The van der Waals surface area contributed by atoms with Crippen molar-refractivity contribution in [3.63, 3.8) is 0 Å². The molecule has 0 fully saturated rings. The van der Waals surface area contributed by atoms with Gasteiger partial charge in [-0.25, -0.2) is 0 Å². The van der Waals surface area contributed by atoms with Gasteiger partial charge in [0.15, 0.2) is 0 Å².